The van der Waals surface area contributed by atoms with E-state index in [9.17, 15) is 29.2 Å². The summed E-state index contributed by atoms with van der Waals surface area (Å²) in [5.74, 6) is -4.52. The second-order valence-corrected chi connectivity index (χ2v) is 10.3. The predicted octanol–water partition coefficient (Wildman–Crippen LogP) is 0.845. The zero-order valence-electron chi connectivity index (χ0n) is 23.4. The minimum atomic E-state index is -1.60. The molecule has 0 fully saturated rings. The molecule has 0 saturated carbocycles. The summed E-state index contributed by atoms with van der Waals surface area (Å²) >= 11 is 0. The Balaban J connectivity index is 2.35. The third kappa shape index (κ3) is 9.62. The molecule has 0 spiro atoms. The van der Waals surface area contributed by atoms with Crippen LogP contribution in [0.25, 0.3) is 10.8 Å². The van der Waals surface area contributed by atoms with Gasteiger partial charge in [0.05, 0.1) is 12.5 Å². The van der Waals surface area contributed by atoms with Gasteiger partial charge in [0.2, 0.25) is 17.7 Å². The highest BCUT2D eigenvalue weighted by Crippen LogP contribution is 2.24. The van der Waals surface area contributed by atoms with Gasteiger partial charge in [-0.3, -0.25) is 29.2 Å². The smallest absolute Gasteiger partial charge is 0.302 e. The van der Waals surface area contributed by atoms with Crippen molar-refractivity contribution in [2.75, 3.05) is 26.8 Å². The Labute approximate surface area is 233 Å². The maximum absolute atomic E-state index is 13.7. The van der Waals surface area contributed by atoms with Crippen molar-refractivity contribution in [1.29, 1.82) is 0 Å². The van der Waals surface area contributed by atoms with E-state index >= 15 is 0 Å². The first kappa shape index (κ1) is 32.2. The summed E-state index contributed by atoms with van der Waals surface area (Å²) in [4.78, 5) is 62.2. The van der Waals surface area contributed by atoms with E-state index < -0.39 is 59.7 Å². The Bertz CT molecular complexity index is 1210. The lowest BCUT2D eigenvalue weighted by atomic mass is 9.84. The Morgan fingerprint density at radius 2 is 1.62 bits per heavy atom. The first-order valence-electron chi connectivity index (χ1n) is 12.8. The number of ether oxygens (including phenoxy) is 2. The second-order valence-electron chi connectivity index (χ2n) is 10.3. The summed E-state index contributed by atoms with van der Waals surface area (Å²) < 4.78 is 10.3. The van der Waals surface area contributed by atoms with E-state index in [0.29, 0.717) is 5.56 Å². The lowest BCUT2D eigenvalue weighted by Crippen LogP contribution is -2.57. The van der Waals surface area contributed by atoms with Crippen LogP contribution in [0.15, 0.2) is 42.5 Å². The molecule has 5 N–H and O–H groups in total. The maximum atomic E-state index is 13.7. The number of hydrogen-bond acceptors (Lipinski definition) is 8. The lowest BCUT2D eigenvalue weighted by Gasteiger charge is -2.32. The van der Waals surface area contributed by atoms with Gasteiger partial charge in [-0.25, -0.2) is 5.48 Å². The van der Waals surface area contributed by atoms with E-state index in [1.165, 1.54) is 19.5 Å². The van der Waals surface area contributed by atoms with Gasteiger partial charge >= 0.3 is 5.97 Å². The van der Waals surface area contributed by atoms with Crippen molar-refractivity contribution in [3.63, 3.8) is 0 Å². The molecule has 12 nitrogen and oxygen atoms in total. The highest BCUT2D eigenvalue weighted by Gasteiger charge is 2.39. The van der Waals surface area contributed by atoms with Crippen molar-refractivity contribution in [3.8, 4) is 0 Å². The summed E-state index contributed by atoms with van der Waals surface area (Å²) in [5, 5.41) is 19.1. The number of amides is 4. The number of esters is 1. The summed E-state index contributed by atoms with van der Waals surface area (Å²) in [6.45, 7) is 5.90. The van der Waals surface area contributed by atoms with E-state index in [-0.39, 0.29) is 19.6 Å². The Morgan fingerprint density at radius 3 is 2.23 bits per heavy atom. The molecule has 0 unspecified atom stereocenters. The summed E-state index contributed by atoms with van der Waals surface area (Å²) in [5.41, 5.74) is 1.52. The van der Waals surface area contributed by atoms with Crippen molar-refractivity contribution in [3.05, 3.63) is 48.0 Å². The number of nitrogens with one attached hydrogen (secondary N) is 4. The quantitative estimate of drug-likeness (QED) is 0.104. The standard InChI is InChI=1S/C28H38N4O8/c1-17(33)39-13-12-30-22(34)16-40-23(26(36)32-38)21(25(35)31-24(27(37)29-5)28(2,3)4)15-18-10-11-19-8-6-7-9-20(19)14-18/h6-11,14,21,23-24,38H,12-13,15-16H2,1-5H3,(H,29,37)(H,30,34)(H,31,35)(H,32,36)/t21-,23+,24-/m1/s1. The summed E-state index contributed by atoms with van der Waals surface area (Å²) in [7, 11) is 1.45. The fraction of sp³-hybridized carbons (Fsp3) is 0.464. The Morgan fingerprint density at radius 1 is 0.950 bits per heavy atom. The van der Waals surface area contributed by atoms with Crippen molar-refractivity contribution < 1.29 is 38.7 Å². The van der Waals surface area contributed by atoms with Crippen molar-refractivity contribution >= 4 is 40.4 Å². The number of fused-ring (bicyclic) bond motifs is 1. The molecule has 0 bridgehead atoms. The van der Waals surface area contributed by atoms with Crippen molar-refractivity contribution in [2.24, 2.45) is 11.3 Å². The Kier molecular flexibility index (Phi) is 12.0. The van der Waals surface area contributed by atoms with Crippen LogP contribution in [0.5, 0.6) is 0 Å². The molecule has 0 aliphatic rings. The van der Waals surface area contributed by atoms with Gasteiger partial charge in [0, 0.05) is 14.0 Å². The van der Waals surface area contributed by atoms with Crippen molar-refractivity contribution in [1.82, 2.24) is 21.4 Å². The van der Waals surface area contributed by atoms with Crippen LogP contribution in [0.4, 0.5) is 0 Å². The van der Waals surface area contributed by atoms with Crippen LogP contribution in [0.3, 0.4) is 0 Å². The number of benzene rings is 2. The summed E-state index contributed by atoms with van der Waals surface area (Å²) in [6.07, 6.45) is -1.60. The van der Waals surface area contributed by atoms with Crippen LogP contribution >= 0.6 is 0 Å². The van der Waals surface area contributed by atoms with Crippen LogP contribution in [0.2, 0.25) is 0 Å². The number of rotatable bonds is 13. The molecule has 0 aromatic heterocycles. The van der Waals surface area contributed by atoms with Crippen LogP contribution in [-0.2, 0) is 39.9 Å². The first-order valence-corrected chi connectivity index (χ1v) is 12.8. The van der Waals surface area contributed by atoms with Gasteiger partial charge in [-0.05, 0) is 28.2 Å². The monoisotopic (exact) mass is 558 g/mol. The SMILES string of the molecule is CNC(=O)[C@@H](NC(=O)[C@H](Cc1ccc2ccccc2c1)[C@H](OCC(=O)NCCOC(C)=O)C(=O)NO)C(C)(C)C. The van der Waals surface area contributed by atoms with Crippen LogP contribution in [0, 0.1) is 11.3 Å². The Hall–Kier alpha value is -4.03. The first-order chi connectivity index (χ1) is 18.9. The zero-order chi connectivity index (χ0) is 29.9. The van der Waals surface area contributed by atoms with E-state index in [4.69, 9.17) is 9.47 Å². The number of carbonyl (C=O) groups excluding carboxylic acids is 5. The molecule has 2 rings (SSSR count). The van der Waals surface area contributed by atoms with E-state index in [1.54, 1.807) is 26.8 Å². The fourth-order valence-electron chi connectivity index (χ4n) is 4.07. The van der Waals surface area contributed by atoms with Gasteiger partial charge in [0.25, 0.3) is 5.91 Å². The minimum absolute atomic E-state index is 0.00652. The molecule has 40 heavy (non-hydrogen) atoms. The average molecular weight is 559 g/mol. The number of hydrogen-bond donors (Lipinski definition) is 5. The molecule has 2 aromatic carbocycles. The number of likely N-dealkylation sites (N-methyl/N-ethyl adjacent to an activating group) is 1. The van der Waals surface area contributed by atoms with Gasteiger partial charge in [-0.15, -0.1) is 0 Å². The zero-order valence-corrected chi connectivity index (χ0v) is 23.4. The van der Waals surface area contributed by atoms with Gasteiger partial charge < -0.3 is 25.4 Å². The maximum Gasteiger partial charge on any atom is 0.302 e. The molecule has 0 radical (unpaired) electrons. The molecule has 218 valence electrons. The molecule has 0 aliphatic heterocycles. The van der Waals surface area contributed by atoms with Gasteiger partial charge in [-0.2, -0.15) is 0 Å². The van der Waals surface area contributed by atoms with Gasteiger partial charge in [0.1, 0.15) is 19.3 Å². The molecule has 2 aromatic rings. The van der Waals surface area contributed by atoms with Crippen LogP contribution in [0.1, 0.15) is 33.3 Å². The minimum Gasteiger partial charge on any atom is -0.464 e. The normalized spacial score (nSPS) is 13.4. The third-order valence-corrected chi connectivity index (χ3v) is 6.13. The molecule has 3 atom stereocenters. The van der Waals surface area contributed by atoms with Gasteiger partial charge in [-0.1, -0.05) is 63.2 Å². The predicted molar refractivity (Wildman–Crippen MR) is 146 cm³/mol. The molecule has 12 heteroatoms. The second kappa shape index (κ2) is 14.9. The largest absolute Gasteiger partial charge is 0.464 e. The molecule has 4 amide bonds. The summed E-state index contributed by atoms with van der Waals surface area (Å²) in [6, 6.07) is 12.2. The number of hydroxylamine groups is 1. The van der Waals surface area contributed by atoms with E-state index in [0.717, 1.165) is 10.8 Å². The van der Waals surface area contributed by atoms with E-state index in [1.807, 2.05) is 36.4 Å². The lowest BCUT2D eigenvalue weighted by molar-refractivity contribution is -0.154. The third-order valence-electron chi connectivity index (χ3n) is 6.13. The van der Waals surface area contributed by atoms with Crippen molar-refractivity contribution in [2.45, 2.75) is 46.3 Å². The molecular formula is C28H38N4O8. The highest BCUT2D eigenvalue weighted by atomic mass is 16.5. The molecule has 0 saturated heterocycles. The molecular weight excluding hydrogens is 520 g/mol. The molecule has 0 aliphatic carbocycles. The topological polar surface area (TPSA) is 172 Å². The van der Waals surface area contributed by atoms with E-state index in [2.05, 4.69) is 16.0 Å². The average Bonchev–Trinajstić information content (AvgIpc) is 2.91. The number of carbonyl (C=O) groups is 5. The van der Waals surface area contributed by atoms with Gasteiger partial charge in [0.15, 0.2) is 6.10 Å². The fourth-order valence-corrected chi connectivity index (χ4v) is 4.07. The van der Waals surface area contributed by atoms with Crippen LogP contribution in [-0.4, -0.2) is 73.8 Å². The highest BCUT2D eigenvalue weighted by molar-refractivity contribution is 5.93. The van der Waals surface area contributed by atoms with Crippen LogP contribution < -0.4 is 21.4 Å². The molecule has 0 heterocycles.